The molecule has 0 saturated carbocycles. The zero-order valence-electron chi connectivity index (χ0n) is 14.1. The third-order valence-electron chi connectivity index (χ3n) is 4.60. The van der Waals surface area contributed by atoms with Gasteiger partial charge in [0.2, 0.25) is 5.52 Å². The van der Waals surface area contributed by atoms with Crippen LogP contribution >= 0.6 is 11.3 Å². The van der Waals surface area contributed by atoms with Gasteiger partial charge in [0, 0.05) is 32.3 Å². The molecule has 0 bridgehead atoms. The summed E-state index contributed by atoms with van der Waals surface area (Å²) in [5.74, 6) is 0.984. The predicted molar refractivity (Wildman–Crippen MR) is 101 cm³/mol. The van der Waals surface area contributed by atoms with Crippen molar-refractivity contribution in [2.45, 2.75) is 0 Å². The lowest BCUT2D eigenvalue weighted by Gasteiger charge is -2.17. The standard InChI is InChI=1S/C18H17N4O2S/c1-19-13-9-8-12(22(23)24)10-15(13)20(2)17(19)11-18-21(3)14-6-4-5-7-16(14)25-18/h4-11H,1-3H3/q+1. The van der Waals surface area contributed by atoms with Crippen LogP contribution in [0, 0.1) is 10.1 Å². The van der Waals surface area contributed by atoms with Gasteiger partial charge in [-0.3, -0.25) is 10.1 Å². The quantitative estimate of drug-likeness (QED) is 0.402. The molecule has 0 spiro atoms. The number of benzene rings is 2. The molecule has 0 fully saturated rings. The molecule has 1 aliphatic rings. The van der Waals surface area contributed by atoms with Gasteiger partial charge in [0.25, 0.3) is 10.7 Å². The van der Waals surface area contributed by atoms with Gasteiger partial charge in [-0.15, -0.1) is 0 Å². The van der Waals surface area contributed by atoms with Crippen LogP contribution in [0.4, 0.5) is 17.1 Å². The van der Waals surface area contributed by atoms with Gasteiger partial charge in [-0.1, -0.05) is 23.5 Å². The van der Waals surface area contributed by atoms with Crippen molar-refractivity contribution < 1.29 is 9.49 Å². The number of fused-ring (bicyclic) bond motifs is 2. The third-order valence-corrected chi connectivity index (χ3v) is 5.77. The van der Waals surface area contributed by atoms with Crippen LogP contribution < -0.4 is 14.4 Å². The smallest absolute Gasteiger partial charge is 0.271 e. The molecule has 4 rings (SSSR count). The molecule has 0 amide bonds. The summed E-state index contributed by atoms with van der Waals surface area (Å²) in [5, 5.41) is 12.2. The highest BCUT2D eigenvalue weighted by Crippen LogP contribution is 2.42. The van der Waals surface area contributed by atoms with E-state index in [0.717, 1.165) is 22.2 Å². The van der Waals surface area contributed by atoms with Gasteiger partial charge in [-0.05, 0) is 12.1 Å². The fraction of sp³-hybridized carbons (Fsp3) is 0.167. The van der Waals surface area contributed by atoms with Crippen LogP contribution in [0.25, 0.3) is 16.3 Å². The Balaban J connectivity index is 1.81. The van der Waals surface area contributed by atoms with Crippen molar-refractivity contribution in [1.29, 1.82) is 0 Å². The highest BCUT2D eigenvalue weighted by Gasteiger charge is 2.29. The molecule has 0 saturated heterocycles. The third kappa shape index (κ3) is 2.35. The molecule has 0 aliphatic carbocycles. The van der Waals surface area contributed by atoms with Gasteiger partial charge >= 0.3 is 0 Å². The van der Waals surface area contributed by atoms with Crippen LogP contribution in [0.15, 0.2) is 48.3 Å². The van der Waals surface area contributed by atoms with E-state index >= 15 is 0 Å². The summed E-state index contributed by atoms with van der Waals surface area (Å²) in [6.07, 6.45) is 2.12. The Morgan fingerprint density at radius 3 is 2.56 bits per heavy atom. The first-order valence-electron chi connectivity index (χ1n) is 7.82. The SMILES string of the molecule is CN1/C(=C\c2sc3ccccc3[n+]2C)N(C)c2cc([N+](=O)[O-])ccc21. The fourth-order valence-corrected chi connectivity index (χ4v) is 4.28. The normalized spacial score (nSPS) is 15.2. The number of non-ortho nitro benzene ring substituents is 1. The van der Waals surface area contributed by atoms with E-state index in [9.17, 15) is 10.1 Å². The number of aryl methyl sites for hydroxylation is 1. The van der Waals surface area contributed by atoms with E-state index in [4.69, 9.17) is 0 Å². The van der Waals surface area contributed by atoms with Gasteiger partial charge in [-0.2, -0.15) is 4.57 Å². The molecular weight excluding hydrogens is 336 g/mol. The summed E-state index contributed by atoms with van der Waals surface area (Å²) in [7, 11) is 5.97. The molecule has 1 aliphatic heterocycles. The van der Waals surface area contributed by atoms with E-state index in [-0.39, 0.29) is 10.6 Å². The first kappa shape index (κ1) is 15.6. The molecule has 7 heteroatoms. The number of aromatic nitrogens is 1. The van der Waals surface area contributed by atoms with Crippen molar-refractivity contribution >= 4 is 44.7 Å². The second-order valence-corrected chi connectivity index (χ2v) is 7.08. The van der Waals surface area contributed by atoms with Crippen LogP contribution in [-0.2, 0) is 7.05 Å². The van der Waals surface area contributed by atoms with E-state index in [1.54, 1.807) is 29.5 Å². The molecule has 0 N–H and O–H groups in total. The number of nitro groups is 1. The van der Waals surface area contributed by atoms with Gasteiger partial charge < -0.3 is 9.80 Å². The lowest BCUT2D eigenvalue weighted by Crippen LogP contribution is -2.30. The second kappa shape index (κ2) is 5.56. The van der Waals surface area contributed by atoms with Crippen molar-refractivity contribution in [3.05, 3.63) is 63.4 Å². The minimum Gasteiger partial charge on any atom is -0.329 e. The maximum Gasteiger partial charge on any atom is 0.271 e. The van der Waals surface area contributed by atoms with Crippen LogP contribution in [0.3, 0.4) is 0 Å². The van der Waals surface area contributed by atoms with Gasteiger partial charge in [0.1, 0.15) is 17.6 Å². The molecule has 0 radical (unpaired) electrons. The summed E-state index contributed by atoms with van der Waals surface area (Å²) >= 11 is 1.73. The summed E-state index contributed by atoms with van der Waals surface area (Å²) in [5.41, 5.74) is 3.10. The van der Waals surface area contributed by atoms with Crippen LogP contribution in [-0.4, -0.2) is 19.0 Å². The van der Waals surface area contributed by atoms with Crippen molar-refractivity contribution in [3.8, 4) is 0 Å². The second-order valence-electron chi connectivity index (χ2n) is 6.02. The van der Waals surface area contributed by atoms with E-state index in [1.807, 2.05) is 31.1 Å². The molecular formula is C18H17N4O2S+. The number of hydrogen-bond acceptors (Lipinski definition) is 5. The minimum absolute atomic E-state index is 0.104. The summed E-state index contributed by atoms with van der Waals surface area (Å²) in [4.78, 5) is 14.8. The Labute approximate surface area is 149 Å². The molecule has 0 atom stereocenters. The number of para-hydroxylation sites is 1. The van der Waals surface area contributed by atoms with Gasteiger partial charge in [-0.25, -0.2) is 0 Å². The first-order valence-corrected chi connectivity index (χ1v) is 8.64. The number of thiazole rings is 1. The number of anilines is 2. The van der Waals surface area contributed by atoms with Crippen LogP contribution in [0.2, 0.25) is 0 Å². The molecule has 6 nitrogen and oxygen atoms in total. The summed E-state index contributed by atoms with van der Waals surface area (Å²) < 4.78 is 3.40. The van der Waals surface area contributed by atoms with Crippen LogP contribution in [0.5, 0.6) is 0 Å². The maximum absolute atomic E-state index is 11.1. The average Bonchev–Trinajstić information content (AvgIpc) is 3.05. The number of nitrogens with zero attached hydrogens (tertiary/aromatic N) is 4. The Kier molecular flexibility index (Phi) is 3.47. The van der Waals surface area contributed by atoms with Gasteiger partial charge in [0.05, 0.1) is 22.4 Å². The zero-order valence-corrected chi connectivity index (χ0v) is 14.9. The lowest BCUT2D eigenvalue weighted by molar-refractivity contribution is -0.642. The highest BCUT2D eigenvalue weighted by molar-refractivity contribution is 7.18. The monoisotopic (exact) mass is 353 g/mol. The van der Waals surface area contributed by atoms with E-state index < -0.39 is 0 Å². The first-order chi connectivity index (χ1) is 12.0. The van der Waals surface area contributed by atoms with E-state index in [0.29, 0.717) is 0 Å². The molecule has 3 aromatic rings. The zero-order chi connectivity index (χ0) is 17.7. The molecule has 25 heavy (non-hydrogen) atoms. The predicted octanol–water partition coefficient (Wildman–Crippen LogP) is 3.52. The Hall–Kier alpha value is -2.93. The maximum atomic E-state index is 11.1. The molecule has 2 aromatic carbocycles. The van der Waals surface area contributed by atoms with Gasteiger partial charge in [0.15, 0.2) is 0 Å². The Bertz CT molecular complexity index is 1040. The molecule has 1 aromatic heterocycles. The fourth-order valence-electron chi connectivity index (χ4n) is 3.20. The molecule has 2 heterocycles. The van der Waals surface area contributed by atoms with Crippen molar-refractivity contribution in [3.63, 3.8) is 0 Å². The van der Waals surface area contributed by atoms with Crippen LogP contribution in [0.1, 0.15) is 5.01 Å². The molecule has 0 unspecified atom stereocenters. The highest BCUT2D eigenvalue weighted by atomic mass is 32.1. The Morgan fingerprint density at radius 2 is 1.84 bits per heavy atom. The van der Waals surface area contributed by atoms with Crippen molar-refractivity contribution in [1.82, 2.24) is 0 Å². The minimum atomic E-state index is -0.359. The number of rotatable bonds is 2. The van der Waals surface area contributed by atoms with Crippen molar-refractivity contribution in [2.24, 2.45) is 7.05 Å². The van der Waals surface area contributed by atoms with E-state index in [1.165, 1.54) is 10.2 Å². The topological polar surface area (TPSA) is 53.5 Å². The largest absolute Gasteiger partial charge is 0.329 e. The Morgan fingerprint density at radius 1 is 1.12 bits per heavy atom. The molecule has 126 valence electrons. The van der Waals surface area contributed by atoms with Crippen molar-refractivity contribution in [2.75, 3.05) is 23.9 Å². The van der Waals surface area contributed by atoms with E-state index in [2.05, 4.69) is 34.7 Å². The summed E-state index contributed by atoms with van der Waals surface area (Å²) in [6.45, 7) is 0. The number of nitro benzene ring substituents is 1. The average molecular weight is 353 g/mol. The lowest BCUT2D eigenvalue weighted by atomic mass is 10.2. The summed E-state index contributed by atoms with van der Waals surface area (Å²) in [6, 6.07) is 13.3. The number of hydrogen-bond donors (Lipinski definition) is 0.